The second-order valence-corrected chi connectivity index (χ2v) is 7.43. The van der Waals surface area contributed by atoms with Gasteiger partial charge in [0, 0.05) is 36.0 Å². The Morgan fingerprint density at radius 2 is 1.74 bits per heavy atom. The van der Waals surface area contributed by atoms with Crippen molar-refractivity contribution in [1.82, 2.24) is 4.98 Å². The molecule has 0 saturated heterocycles. The molecule has 0 amide bonds. The molecule has 130 valence electrons. The number of hydrogen-bond donors (Lipinski definition) is 0. The molecule has 0 unspecified atom stereocenters. The third-order valence-electron chi connectivity index (χ3n) is 4.74. The van der Waals surface area contributed by atoms with Crippen LogP contribution in [-0.4, -0.2) is 4.98 Å². The minimum Gasteiger partial charge on any atom is -0.256 e. The molecular weight excluding hydrogens is 353 g/mol. The van der Waals surface area contributed by atoms with Gasteiger partial charge in [-0.2, -0.15) is 0 Å². The van der Waals surface area contributed by atoms with Crippen molar-refractivity contribution in [1.29, 1.82) is 0 Å². The van der Waals surface area contributed by atoms with Gasteiger partial charge in [0.2, 0.25) is 0 Å². The van der Waals surface area contributed by atoms with Gasteiger partial charge in [-0.3, -0.25) is 4.98 Å². The first-order valence-electron chi connectivity index (χ1n) is 10.1. The molecule has 0 fully saturated rings. The first-order valence-corrected chi connectivity index (χ1v) is 9.41. The van der Waals surface area contributed by atoms with Gasteiger partial charge in [0.1, 0.15) is 5.82 Å². The van der Waals surface area contributed by atoms with Gasteiger partial charge in [-0.1, -0.05) is 48.5 Å². The largest absolute Gasteiger partial charge is 0.256 e. The number of benzene rings is 3. The number of aromatic nitrogens is 1. The lowest BCUT2D eigenvalue weighted by molar-refractivity contribution is 0.641. The Bertz CT molecular complexity index is 1390. The van der Waals surface area contributed by atoms with E-state index in [4.69, 9.17) is 4.11 Å². The quantitative estimate of drug-likeness (QED) is 0.318. The van der Waals surface area contributed by atoms with Gasteiger partial charge in [-0.25, -0.2) is 4.39 Å². The fraction of sp³-hybridized carbons (Fsp3) is 0.0417. The third-order valence-corrected chi connectivity index (χ3v) is 5.94. The highest BCUT2D eigenvalue weighted by Crippen LogP contribution is 2.41. The van der Waals surface area contributed by atoms with E-state index in [2.05, 4.69) is 4.98 Å². The van der Waals surface area contributed by atoms with Crippen LogP contribution in [-0.2, 0) is 0 Å². The summed E-state index contributed by atoms with van der Waals surface area (Å²) >= 11 is 1.52. The zero-order valence-electron chi connectivity index (χ0n) is 17.2. The number of aryl methyl sites for hydroxylation is 1. The van der Waals surface area contributed by atoms with Crippen LogP contribution in [0.3, 0.4) is 0 Å². The number of pyridine rings is 1. The van der Waals surface area contributed by atoms with E-state index < -0.39 is 6.85 Å². The highest BCUT2D eigenvalue weighted by molar-refractivity contribution is 7.26. The molecule has 2 aromatic heterocycles. The first-order chi connectivity index (χ1) is 14.4. The predicted molar refractivity (Wildman–Crippen MR) is 113 cm³/mol. The molecule has 1 nitrogen and oxygen atoms in total. The summed E-state index contributed by atoms with van der Waals surface area (Å²) in [6.45, 7) is -2.29. The van der Waals surface area contributed by atoms with Crippen molar-refractivity contribution in [3.05, 3.63) is 90.4 Å². The third kappa shape index (κ3) is 2.63. The summed E-state index contributed by atoms with van der Waals surface area (Å²) < 4.78 is 40.3. The summed E-state index contributed by atoms with van der Waals surface area (Å²) in [7, 11) is 0. The summed E-state index contributed by atoms with van der Waals surface area (Å²) in [4.78, 5) is 4.48. The molecule has 3 heteroatoms. The molecule has 27 heavy (non-hydrogen) atoms. The monoisotopic (exact) mass is 372 g/mol. The summed E-state index contributed by atoms with van der Waals surface area (Å²) in [5, 5.41) is 1.45. The molecule has 0 aliphatic carbocycles. The normalized spacial score (nSPS) is 13.4. The number of nitrogens with zero attached hydrogens (tertiary/aromatic N) is 1. The van der Waals surface area contributed by atoms with Crippen LogP contribution in [0.5, 0.6) is 0 Å². The van der Waals surface area contributed by atoms with Crippen molar-refractivity contribution in [2.24, 2.45) is 0 Å². The van der Waals surface area contributed by atoms with E-state index in [0.29, 0.717) is 16.6 Å². The standard InChI is InChI=1S/C24H16FNS/c1-15-14-26-21(13-19(15)16-7-3-2-4-8-16)17-11-12-20(25)23-18-9-5-6-10-22(18)27-24(17)23/h2-14H,1H3/i1D3. The zero-order valence-corrected chi connectivity index (χ0v) is 15.1. The highest BCUT2D eigenvalue weighted by Gasteiger charge is 2.15. The Morgan fingerprint density at radius 1 is 0.926 bits per heavy atom. The van der Waals surface area contributed by atoms with Gasteiger partial charge in [0.15, 0.2) is 0 Å². The van der Waals surface area contributed by atoms with Crippen LogP contribution in [0.25, 0.3) is 42.6 Å². The van der Waals surface area contributed by atoms with E-state index in [-0.39, 0.29) is 11.4 Å². The molecule has 2 heterocycles. The lowest BCUT2D eigenvalue weighted by Crippen LogP contribution is -1.90. The molecule has 5 rings (SSSR count). The van der Waals surface area contributed by atoms with Crippen molar-refractivity contribution in [2.45, 2.75) is 6.85 Å². The molecule has 0 atom stereocenters. The maximum absolute atomic E-state index is 14.7. The Kier molecular flexibility index (Phi) is 3.07. The van der Waals surface area contributed by atoms with Gasteiger partial charge in [-0.05, 0) is 47.8 Å². The van der Waals surface area contributed by atoms with E-state index in [9.17, 15) is 4.39 Å². The smallest absolute Gasteiger partial charge is 0.132 e. The average Bonchev–Trinajstić information content (AvgIpc) is 3.14. The maximum Gasteiger partial charge on any atom is 0.132 e. The second-order valence-electron chi connectivity index (χ2n) is 6.38. The van der Waals surface area contributed by atoms with E-state index >= 15 is 0 Å². The fourth-order valence-corrected chi connectivity index (χ4v) is 4.69. The summed E-state index contributed by atoms with van der Waals surface area (Å²) in [6.07, 6.45) is 1.42. The van der Waals surface area contributed by atoms with E-state index in [0.717, 1.165) is 25.9 Å². The molecule has 0 N–H and O–H groups in total. The van der Waals surface area contributed by atoms with Crippen LogP contribution >= 0.6 is 11.3 Å². The van der Waals surface area contributed by atoms with Gasteiger partial charge in [0.25, 0.3) is 0 Å². The number of rotatable bonds is 2. The summed E-state index contributed by atoms with van der Waals surface area (Å²) in [5.74, 6) is -0.270. The highest BCUT2D eigenvalue weighted by atomic mass is 32.1. The molecule has 0 aliphatic rings. The first kappa shape index (κ1) is 13.2. The topological polar surface area (TPSA) is 12.9 Å². The maximum atomic E-state index is 14.7. The minimum absolute atomic E-state index is 0.201. The van der Waals surface area contributed by atoms with Crippen molar-refractivity contribution >= 4 is 31.5 Å². The van der Waals surface area contributed by atoms with Crippen LogP contribution in [0.15, 0.2) is 79.0 Å². The number of thiophene rings is 1. The molecule has 3 aromatic carbocycles. The molecule has 0 spiro atoms. The van der Waals surface area contributed by atoms with Crippen molar-refractivity contribution < 1.29 is 8.50 Å². The van der Waals surface area contributed by atoms with Gasteiger partial charge < -0.3 is 0 Å². The predicted octanol–water partition coefficient (Wildman–Crippen LogP) is 7.23. The lowest BCUT2D eigenvalue weighted by atomic mass is 9.99. The minimum atomic E-state index is -2.29. The number of halogens is 1. The van der Waals surface area contributed by atoms with Gasteiger partial charge >= 0.3 is 0 Å². The molecule has 0 saturated carbocycles. The van der Waals surface area contributed by atoms with Crippen LogP contribution in [0.1, 0.15) is 9.68 Å². The second kappa shape index (κ2) is 6.29. The lowest BCUT2D eigenvalue weighted by Gasteiger charge is -2.10. The van der Waals surface area contributed by atoms with Gasteiger partial charge in [0.05, 0.1) is 5.69 Å². The Labute approximate surface area is 165 Å². The number of hydrogen-bond acceptors (Lipinski definition) is 2. The van der Waals surface area contributed by atoms with Gasteiger partial charge in [-0.15, -0.1) is 11.3 Å². The van der Waals surface area contributed by atoms with Crippen LogP contribution in [0.2, 0.25) is 0 Å². The zero-order chi connectivity index (χ0) is 20.9. The SMILES string of the molecule is [2H]C([2H])([2H])c1cnc(-c2ccc(F)c3c2sc2ccccc23)cc1-c1ccccc1. The Balaban J connectivity index is 1.80. The molecule has 0 radical (unpaired) electrons. The molecule has 5 aromatic rings. The van der Waals surface area contributed by atoms with Crippen molar-refractivity contribution in [3.8, 4) is 22.4 Å². The van der Waals surface area contributed by atoms with E-state index in [1.807, 2.05) is 54.6 Å². The van der Waals surface area contributed by atoms with E-state index in [1.165, 1.54) is 23.6 Å². The average molecular weight is 372 g/mol. The molecule has 0 aliphatic heterocycles. The van der Waals surface area contributed by atoms with Crippen molar-refractivity contribution in [3.63, 3.8) is 0 Å². The Hall–Kier alpha value is -3.04. The summed E-state index contributed by atoms with van der Waals surface area (Å²) in [6, 6.07) is 22.1. The van der Waals surface area contributed by atoms with E-state index in [1.54, 1.807) is 12.1 Å². The fourth-order valence-electron chi connectivity index (χ4n) is 3.45. The summed E-state index contributed by atoms with van der Waals surface area (Å²) in [5.41, 5.74) is 3.04. The van der Waals surface area contributed by atoms with Crippen LogP contribution in [0.4, 0.5) is 4.39 Å². The number of fused-ring (bicyclic) bond motifs is 3. The molecule has 0 bridgehead atoms. The molecular formula is C24H16FNS. The van der Waals surface area contributed by atoms with Crippen LogP contribution < -0.4 is 0 Å². The van der Waals surface area contributed by atoms with Crippen LogP contribution in [0, 0.1) is 12.7 Å². The Morgan fingerprint density at radius 3 is 2.59 bits per heavy atom. The van der Waals surface area contributed by atoms with Crippen molar-refractivity contribution in [2.75, 3.05) is 0 Å².